The van der Waals surface area contributed by atoms with E-state index in [0.717, 1.165) is 19.3 Å². The molecule has 5 aliphatic carbocycles. The van der Waals surface area contributed by atoms with Gasteiger partial charge in [-0.05, 0) is 49.2 Å². The first-order chi connectivity index (χ1) is 12.4. The van der Waals surface area contributed by atoms with E-state index in [0.29, 0.717) is 36.5 Å². The van der Waals surface area contributed by atoms with Crippen molar-refractivity contribution < 1.29 is 14.3 Å². The molecule has 0 amide bonds. The average Bonchev–Trinajstić information content (AvgIpc) is 3.24. The number of carbonyl (C=O) groups is 2. The molecule has 7 atom stereocenters. The van der Waals surface area contributed by atoms with Gasteiger partial charge in [0, 0.05) is 35.5 Å². The lowest BCUT2D eigenvalue weighted by Crippen LogP contribution is -2.52. The van der Waals surface area contributed by atoms with Gasteiger partial charge in [-0.25, -0.2) is 0 Å². The molecule has 0 aromatic carbocycles. The van der Waals surface area contributed by atoms with Crippen LogP contribution < -0.4 is 0 Å². The topological polar surface area (TPSA) is 43.4 Å². The Balaban J connectivity index is 1.48. The van der Waals surface area contributed by atoms with Gasteiger partial charge in [0.1, 0.15) is 5.60 Å². The molecule has 3 fully saturated rings. The van der Waals surface area contributed by atoms with Gasteiger partial charge in [0.25, 0.3) is 0 Å². The van der Waals surface area contributed by atoms with E-state index >= 15 is 0 Å². The van der Waals surface area contributed by atoms with Gasteiger partial charge in [-0.3, -0.25) is 9.59 Å². The van der Waals surface area contributed by atoms with Crippen LogP contribution in [0.25, 0.3) is 0 Å². The normalized spacial score (nSPS) is 53.3. The van der Waals surface area contributed by atoms with Crippen LogP contribution in [-0.4, -0.2) is 17.4 Å². The number of rotatable bonds is 0. The van der Waals surface area contributed by atoms with Crippen LogP contribution in [0, 0.1) is 34.5 Å². The number of esters is 1. The van der Waals surface area contributed by atoms with E-state index in [9.17, 15) is 9.59 Å². The summed E-state index contributed by atoms with van der Waals surface area (Å²) in [4.78, 5) is 24.0. The molecule has 2 unspecified atom stereocenters. The predicted octanol–water partition coefficient (Wildman–Crippen LogP) is 4.15. The molecule has 1 aliphatic heterocycles. The minimum absolute atomic E-state index is 0.00876. The Morgan fingerprint density at radius 2 is 2.00 bits per heavy atom. The van der Waals surface area contributed by atoms with Gasteiger partial charge in [0.05, 0.1) is 0 Å². The Kier molecular flexibility index (Phi) is 2.63. The third kappa shape index (κ3) is 1.54. The third-order valence-electron chi connectivity index (χ3n) is 9.04. The minimum atomic E-state index is -0.213. The zero-order valence-corrected chi connectivity index (χ0v) is 15.6. The number of ether oxygens (including phenoxy) is 1. The van der Waals surface area contributed by atoms with E-state index in [-0.39, 0.29) is 28.2 Å². The first-order valence-corrected chi connectivity index (χ1v) is 10.2. The van der Waals surface area contributed by atoms with Crippen molar-refractivity contribution in [2.45, 2.75) is 58.0 Å². The highest BCUT2D eigenvalue weighted by Gasteiger charge is 2.78. The zero-order chi connectivity index (χ0) is 17.9. The lowest BCUT2D eigenvalue weighted by Gasteiger charge is -2.54. The summed E-state index contributed by atoms with van der Waals surface area (Å²) in [6.45, 7) is 4.72. The van der Waals surface area contributed by atoms with Crippen molar-refractivity contribution in [1.82, 2.24) is 0 Å². The quantitative estimate of drug-likeness (QED) is 0.487. The van der Waals surface area contributed by atoms with Crippen LogP contribution >= 0.6 is 0 Å². The second-order valence-corrected chi connectivity index (χ2v) is 9.96. The monoisotopic (exact) mass is 350 g/mol. The van der Waals surface area contributed by atoms with Crippen LogP contribution in [0.1, 0.15) is 52.4 Å². The van der Waals surface area contributed by atoms with Crippen LogP contribution in [0.2, 0.25) is 0 Å². The highest BCUT2D eigenvalue weighted by atomic mass is 16.6. The van der Waals surface area contributed by atoms with Crippen molar-refractivity contribution >= 4 is 11.8 Å². The van der Waals surface area contributed by atoms with E-state index in [1.165, 1.54) is 17.6 Å². The summed E-state index contributed by atoms with van der Waals surface area (Å²) in [6, 6.07) is 0. The zero-order valence-electron chi connectivity index (χ0n) is 15.6. The van der Waals surface area contributed by atoms with Gasteiger partial charge < -0.3 is 4.74 Å². The van der Waals surface area contributed by atoms with Crippen LogP contribution in [0.3, 0.4) is 0 Å². The second-order valence-electron chi connectivity index (χ2n) is 9.96. The summed E-state index contributed by atoms with van der Waals surface area (Å²) < 4.78 is 6.11. The first-order valence-electron chi connectivity index (χ1n) is 10.2. The fraction of sp³-hybridized carbons (Fsp3) is 0.652. The molecule has 2 saturated carbocycles. The summed E-state index contributed by atoms with van der Waals surface area (Å²) in [5, 5.41) is 0. The van der Waals surface area contributed by atoms with Crippen LogP contribution in [0.4, 0.5) is 0 Å². The Morgan fingerprint density at radius 3 is 2.77 bits per heavy atom. The Morgan fingerprint density at radius 1 is 1.15 bits per heavy atom. The van der Waals surface area contributed by atoms with Gasteiger partial charge in [-0.1, -0.05) is 37.6 Å². The maximum Gasteiger partial charge on any atom is 0.306 e. The summed E-state index contributed by atoms with van der Waals surface area (Å²) in [5.41, 5.74) is 2.60. The molecular formula is C23H26O3. The molecule has 1 spiro atoms. The molecule has 3 nitrogen and oxygen atoms in total. The summed E-state index contributed by atoms with van der Waals surface area (Å²) in [6.07, 6.45) is 14.3. The molecular weight excluding hydrogens is 324 g/mol. The van der Waals surface area contributed by atoms with Crippen LogP contribution in [0.15, 0.2) is 35.5 Å². The van der Waals surface area contributed by atoms with Crippen molar-refractivity contribution in [3.8, 4) is 0 Å². The number of fused-ring (bicyclic) bond motifs is 9. The molecule has 0 aromatic heterocycles. The molecule has 6 aliphatic rings. The molecule has 1 heterocycles. The predicted molar refractivity (Wildman–Crippen MR) is 97.0 cm³/mol. The molecule has 0 bridgehead atoms. The Bertz CT molecular complexity index is 848. The van der Waals surface area contributed by atoms with E-state index in [4.69, 9.17) is 4.74 Å². The number of allylic oxidation sites excluding steroid dienone is 6. The van der Waals surface area contributed by atoms with Gasteiger partial charge in [0.2, 0.25) is 0 Å². The SMILES string of the molecule is C[C@]12CCC(=O)C=C1C=CC1C2=CC[C@@]2(C)C1[C@@H]1C[C@@H]1[C@@]21CCC(=O)O1. The molecule has 1 saturated heterocycles. The summed E-state index contributed by atoms with van der Waals surface area (Å²) >= 11 is 0. The van der Waals surface area contributed by atoms with Gasteiger partial charge in [0.15, 0.2) is 5.78 Å². The van der Waals surface area contributed by atoms with E-state index in [2.05, 4.69) is 32.1 Å². The lowest BCUT2D eigenvalue weighted by atomic mass is 9.51. The van der Waals surface area contributed by atoms with Gasteiger partial charge >= 0.3 is 5.97 Å². The summed E-state index contributed by atoms with van der Waals surface area (Å²) in [7, 11) is 0. The lowest BCUT2D eigenvalue weighted by molar-refractivity contribution is -0.165. The molecule has 26 heavy (non-hydrogen) atoms. The van der Waals surface area contributed by atoms with Crippen LogP contribution in [0.5, 0.6) is 0 Å². The molecule has 136 valence electrons. The second kappa shape index (κ2) is 4.43. The maximum absolute atomic E-state index is 12.0. The number of carbonyl (C=O) groups excluding carboxylic acids is 2. The van der Waals surface area contributed by atoms with Crippen molar-refractivity contribution in [1.29, 1.82) is 0 Å². The van der Waals surface area contributed by atoms with Gasteiger partial charge in [-0.2, -0.15) is 0 Å². The number of ketones is 1. The van der Waals surface area contributed by atoms with E-state index < -0.39 is 0 Å². The molecule has 0 radical (unpaired) electrons. The highest BCUT2D eigenvalue weighted by Crippen LogP contribution is 2.77. The third-order valence-corrected chi connectivity index (χ3v) is 9.04. The smallest absolute Gasteiger partial charge is 0.306 e. The highest BCUT2D eigenvalue weighted by molar-refractivity contribution is 5.92. The van der Waals surface area contributed by atoms with Crippen molar-refractivity contribution in [2.24, 2.45) is 34.5 Å². The minimum Gasteiger partial charge on any atom is -0.458 e. The number of hydrogen-bond donors (Lipinski definition) is 0. The fourth-order valence-corrected chi connectivity index (χ4v) is 7.69. The molecule has 0 N–H and O–H groups in total. The van der Waals surface area contributed by atoms with Crippen molar-refractivity contribution in [3.63, 3.8) is 0 Å². The first kappa shape index (κ1) is 15.4. The molecule has 6 rings (SSSR count). The number of hydrogen-bond acceptors (Lipinski definition) is 3. The standard InChI is InChI=1S/C23H26O3/c1-21-8-5-14(24)11-13(21)3-4-15-17(21)6-9-22(2)20(15)16-12-18(16)23(22)10-7-19(25)26-23/h3-4,6,11,15-16,18,20H,5,7-10,12H2,1-2H3/t15?,16-,18+,20?,21+,22+,23+/m1/s1. The maximum atomic E-state index is 12.0. The average molecular weight is 350 g/mol. The van der Waals surface area contributed by atoms with Gasteiger partial charge in [-0.15, -0.1) is 0 Å². The Hall–Kier alpha value is -1.64. The molecule has 3 heteroatoms. The van der Waals surface area contributed by atoms with Crippen LogP contribution in [-0.2, 0) is 14.3 Å². The largest absolute Gasteiger partial charge is 0.458 e. The fourth-order valence-electron chi connectivity index (χ4n) is 7.69. The Labute approximate surface area is 154 Å². The van der Waals surface area contributed by atoms with E-state index in [1.54, 1.807) is 0 Å². The van der Waals surface area contributed by atoms with Crippen molar-refractivity contribution in [2.75, 3.05) is 0 Å². The summed E-state index contributed by atoms with van der Waals surface area (Å²) in [5.74, 6) is 2.56. The molecule has 0 aromatic rings. The van der Waals surface area contributed by atoms with Crippen molar-refractivity contribution in [3.05, 3.63) is 35.5 Å². The van der Waals surface area contributed by atoms with E-state index in [1.807, 2.05) is 6.08 Å².